The predicted molar refractivity (Wildman–Crippen MR) is 109 cm³/mol. The molecule has 1 aliphatic heterocycles. The second-order valence-electron chi connectivity index (χ2n) is 8.06. The largest absolute Gasteiger partial charge is 0.361 e. The van der Waals surface area contributed by atoms with Crippen molar-refractivity contribution in [2.24, 2.45) is 11.8 Å². The van der Waals surface area contributed by atoms with Gasteiger partial charge in [-0.25, -0.2) is 0 Å². The highest BCUT2D eigenvalue weighted by molar-refractivity contribution is 7.17. The van der Waals surface area contributed by atoms with Gasteiger partial charge in [0.15, 0.2) is 11.6 Å². The van der Waals surface area contributed by atoms with E-state index in [2.05, 4.69) is 22.8 Å². The summed E-state index contributed by atoms with van der Waals surface area (Å²) in [5.74, 6) is 0.817. The van der Waals surface area contributed by atoms with E-state index in [4.69, 9.17) is 0 Å². The average Bonchev–Trinajstić information content (AvgIpc) is 3.56. The topological polar surface area (TPSA) is 46.2 Å². The summed E-state index contributed by atoms with van der Waals surface area (Å²) in [6.45, 7) is 3.31. The second-order valence-corrected chi connectivity index (χ2v) is 8.97. The van der Waals surface area contributed by atoms with Gasteiger partial charge < -0.3 is 5.32 Å². The van der Waals surface area contributed by atoms with Crippen molar-refractivity contribution < 1.29 is 9.59 Å². The van der Waals surface area contributed by atoms with E-state index in [0.29, 0.717) is 11.8 Å². The number of carbonyl (C=O) groups excluding carboxylic acids is 2. The molecule has 3 aliphatic rings. The van der Waals surface area contributed by atoms with Crippen LogP contribution in [-0.2, 0) is 9.59 Å². The number of fused-ring (bicyclic) bond motifs is 1. The summed E-state index contributed by atoms with van der Waals surface area (Å²) in [6, 6.07) is 8.31. The maximum atomic E-state index is 12.8. The Hall–Kier alpha value is -2.20. The maximum absolute atomic E-state index is 12.8. The molecule has 138 valence electrons. The first-order valence-corrected chi connectivity index (χ1v) is 10.7. The summed E-state index contributed by atoms with van der Waals surface area (Å²) in [4.78, 5) is 25.6. The van der Waals surface area contributed by atoms with Gasteiger partial charge in [0, 0.05) is 33.2 Å². The van der Waals surface area contributed by atoms with Gasteiger partial charge in [-0.3, -0.25) is 9.59 Å². The first kappa shape index (κ1) is 16.9. The smallest absolute Gasteiger partial charge is 0.158 e. The van der Waals surface area contributed by atoms with Gasteiger partial charge in [0.25, 0.3) is 0 Å². The fraction of sp³-hybridized carbons (Fsp3) is 0.391. The lowest BCUT2D eigenvalue weighted by Gasteiger charge is -2.33. The highest BCUT2D eigenvalue weighted by Crippen LogP contribution is 2.51. The van der Waals surface area contributed by atoms with Crippen LogP contribution in [0.3, 0.4) is 0 Å². The molecule has 1 aromatic carbocycles. The lowest BCUT2D eigenvalue weighted by Crippen LogP contribution is -2.33. The number of hydrogen-bond donors (Lipinski definition) is 1. The molecule has 2 saturated carbocycles. The molecule has 0 saturated heterocycles. The standard InChI is InChI=1S/C23H23NO2S/c1-12(25)19-21(17-11-27-18-6-4-3-5-16(17)18)20(13(2)26)23(15-9-10-15)24-22(19)14-7-8-14/h3-6,11,14-15,21,24H,7-10H2,1-2H3. The van der Waals surface area contributed by atoms with Crippen LogP contribution in [0.2, 0.25) is 0 Å². The van der Waals surface area contributed by atoms with Gasteiger partial charge in [0.05, 0.1) is 0 Å². The summed E-state index contributed by atoms with van der Waals surface area (Å²) in [5, 5.41) is 6.92. The van der Waals surface area contributed by atoms with Gasteiger partial charge in [-0.05, 0) is 73.8 Å². The number of hydrogen-bond acceptors (Lipinski definition) is 4. The van der Waals surface area contributed by atoms with E-state index in [1.165, 1.54) is 4.70 Å². The molecule has 5 rings (SSSR count). The number of thiophene rings is 1. The predicted octanol–water partition coefficient (Wildman–Crippen LogP) is 5.09. The molecule has 2 aliphatic carbocycles. The number of nitrogens with one attached hydrogen (secondary N) is 1. The third kappa shape index (κ3) is 2.78. The Morgan fingerprint density at radius 3 is 2.00 bits per heavy atom. The molecule has 1 aromatic heterocycles. The second kappa shape index (κ2) is 6.16. The van der Waals surface area contributed by atoms with E-state index in [1.807, 2.05) is 12.1 Å². The summed E-state index contributed by atoms with van der Waals surface area (Å²) in [6.07, 6.45) is 4.51. The summed E-state index contributed by atoms with van der Waals surface area (Å²) in [5.41, 5.74) is 4.93. The Labute approximate surface area is 163 Å². The third-order valence-corrected chi connectivity index (χ3v) is 6.96. The zero-order valence-corrected chi connectivity index (χ0v) is 16.5. The molecule has 1 N–H and O–H groups in total. The van der Waals surface area contributed by atoms with Gasteiger partial charge in [0.2, 0.25) is 0 Å². The molecule has 0 radical (unpaired) electrons. The van der Waals surface area contributed by atoms with Crippen molar-refractivity contribution in [3.8, 4) is 0 Å². The van der Waals surface area contributed by atoms with Crippen LogP contribution >= 0.6 is 11.3 Å². The van der Waals surface area contributed by atoms with Crippen LogP contribution in [0.4, 0.5) is 0 Å². The van der Waals surface area contributed by atoms with Gasteiger partial charge >= 0.3 is 0 Å². The van der Waals surface area contributed by atoms with Crippen molar-refractivity contribution in [3.63, 3.8) is 0 Å². The zero-order chi connectivity index (χ0) is 18.7. The van der Waals surface area contributed by atoms with Gasteiger partial charge in [0.1, 0.15) is 0 Å². The van der Waals surface area contributed by atoms with E-state index in [1.54, 1.807) is 25.2 Å². The minimum atomic E-state index is -0.233. The van der Waals surface area contributed by atoms with Crippen LogP contribution < -0.4 is 5.32 Å². The van der Waals surface area contributed by atoms with Crippen LogP contribution in [0.15, 0.2) is 52.2 Å². The van der Waals surface area contributed by atoms with Crippen molar-refractivity contribution in [2.75, 3.05) is 0 Å². The van der Waals surface area contributed by atoms with Crippen LogP contribution in [0.25, 0.3) is 10.1 Å². The normalized spacial score (nSPS) is 21.0. The van der Waals surface area contributed by atoms with Crippen molar-refractivity contribution >= 4 is 33.0 Å². The Morgan fingerprint density at radius 2 is 1.48 bits per heavy atom. The van der Waals surface area contributed by atoms with E-state index in [-0.39, 0.29) is 17.5 Å². The zero-order valence-electron chi connectivity index (χ0n) is 15.7. The molecule has 27 heavy (non-hydrogen) atoms. The van der Waals surface area contributed by atoms with Crippen LogP contribution in [0.5, 0.6) is 0 Å². The maximum Gasteiger partial charge on any atom is 0.158 e. The Morgan fingerprint density at radius 1 is 0.926 bits per heavy atom. The van der Waals surface area contributed by atoms with E-state index >= 15 is 0 Å². The van der Waals surface area contributed by atoms with E-state index < -0.39 is 0 Å². The van der Waals surface area contributed by atoms with Crippen molar-refractivity contribution in [1.29, 1.82) is 0 Å². The van der Waals surface area contributed by atoms with E-state index in [9.17, 15) is 9.59 Å². The van der Waals surface area contributed by atoms with Gasteiger partial charge in [-0.2, -0.15) is 0 Å². The van der Waals surface area contributed by atoms with Crippen LogP contribution in [0.1, 0.15) is 51.0 Å². The average molecular weight is 378 g/mol. The number of benzene rings is 1. The van der Waals surface area contributed by atoms with Gasteiger partial charge in [-0.15, -0.1) is 11.3 Å². The monoisotopic (exact) mass is 377 g/mol. The number of dihydropyridines is 1. The number of rotatable bonds is 5. The number of allylic oxidation sites excluding steroid dienone is 4. The van der Waals surface area contributed by atoms with Gasteiger partial charge in [-0.1, -0.05) is 18.2 Å². The highest BCUT2D eigenvalue weighted by atomic mass is 32.1. The Bertz CT molecular complexity index is 988. The first-order valence-electron chi connectivity index (χ1n) is 9.79. The minimum absolute atomic E-state index is 0.0817. The molecular weight excluding hydrogens is 354 g/mol. The number of ketones is 2. The molecule has 0 amide bonds. The molecule has 3 nitrogen and oxygen atoms in total. The third-order valence-electron chi connectivity index (χ3n) is 5.98. The van der Waals surface area contributed by atoms with E-state index in [0.717, 1.165) is 59.2 Å². The Balaban J connectivity index is 1.79. The van der Waals surface area contributed by atoms with Crippen LogP contribution in [-0.4, -0.2) is 11.6 Å². The molecule has 0 unspecified atom stereocenters. The first-order chi connectivity index (χ1) is 13.1. The molecule has 2 aromatic rings. The molecule has 0 bridgehead atoms. The SMILES string of the molecule is CC(=O)C1=C(C2CC2)NC(C2CC2)=C(C(C)=O)C1c1csc2ccccc12. The molecule has 0 atom stereocenters. The molecule has 4 heteroatoms. The van der Waals surface area contributed by atoms with Crippen molar-refractivity contribution in [2.45, 2.75) is 45.4 Å². The fourth-order valence-electron chi connectivity index (χ4n) is 4.44. The molecule has 2 fully saturated rings. The lowest BCUT2D eigenvalue weighted by molar-refractivity contribution is -0.114. The van der Waals surface area contributed by atoms with Crippen LogP contribution in [0, 0.1) is 11.8 Å². The van der Waals surface area contributed by atoms with Crippen molar-refractivity contribution in [1.82, 2.24) is 5.32 Å². The molecule has 0 spiro atoms. The van der Waals surface area contributed by atoms with Crippen molar-refractivity contribution in [3.05, 3.63) is 57.7 Å². The summed E-state index contributed by atoms with van der Waals surface area (Å²) < 4.78 is 1.21. The molecular formula is C23H23NO2S. The number of carbonyl (C=O) groups is 2. The minimum Gasteiger partial charge on any atom is -0.361 e. The highest BCUT2D eigenvalue weighted by Gasteiger charge is 2.44. The fourth-order valence-corrected chi connectivity index (χ4v) is 5.43. The summed E-state index contributed by atoms with van der Waals surface area (Å²) >= 11 is 1.70. The molecule has 2 heterocycles. The quantitative estimate of drug-likeness (QED) is 0.789. The Kier molecular flexibility index (Phi) is 3.87. The summed E-state index contributed by atoms with van der Waals surface area (Å²) in [7, 11) is 0. The lowest BCUT2D eigenvalue weighted by atomic mass is 9.76. The number of Topliss-reactive ketones (excluding diaryl/α,β-unsaturated/α-hetero) is 2.